The molecule has 100 valence electrons. The minimum atomic E-state index is -0.0691. The molecule has 0 aliphatic carbocycles. The third-order valence-corrected chi connectivity index (χ3v) is 4.42. The van der Waals surface area contributed by atoms with Gasteiger partial charge in [-0.25, -0.2) is 4.98 Å². The number of fused-ring (bicyclic) bond motifs is 1. The van der Waals surface area contributed by atoms with E-state index in [4.69, 9.17) is 0 Å². The van der Waals surface area contributed by atoms with E-state index in [1.165, 1.54) is 0 Å². The van der Waals surface area contributed by atoms with Crippen molar-refractivity contribution in [1.82, 2.24) is 9.97 Å². The van der Waals surface area contributed by atoms with Crippen LogP contribution in [0.4, 0.5) is 0 Å². The zero-order valence-corrected chi connectivity index (χ0v) is 13.1. The lowest BCUT2D eigenvalue weighted by molar-refractivity contribution is 0.970. The zero-order valence-electron chi connectivity index (χ0n) is 11.0. The van der Waals surface area contributed by atoms with Crippen molar-refractivity contribution in [2.75, 3.05) is 0 Å². The first-order chi connectivity index (χ1) is 9.70. The van der Waals surface area contributed by atoms with Crippen LogP contribution in [0.15, 0.2) is 47.3 Å². The molecular weight excluding hydrogens is 363 g/mol. The summed E-state index contributed by atoms with van der Waals surface area (Å²) in [7, 11) is 0. The zero-order chi connectivity index (χ0) is 14.1. The number of H-pyrrole nitrogens is 1. The Balaban J connectivity index is 2.31. The molecule has 1 N–H and O–H groups in total. The Morgan fingerprint density at radius 1 is 1.15 bits per heavy atom. The van der Waals surface area contributed by atoms with Crippen molar-refractivity contribution in [2.24, 2.45) is 0 Å². The number of rotatable bonds is 2. The van der Waals surface area contributed by atoms with Crippen molar-refractivity contribution < 1.29 is 0 Å². The summed E-state index contributed by atoms with van der Waals surface area (Å²) in [4.78, 5) is 19.5. The van der Waals surface area contributed by atoms with Gasteiger partial charge in [0.25, 0.3) is 5.56 Å². The molecule has 0 aliphatic heterocycles. The summed E-state index contributed by atoms with van der Waals surface area (Å²) >= 11 is 2.05. The minimum Gasteiger partial charge on any atom is -0.306 e. The largest absolute Gasteiger partial charge is 0.306 e. The number of aromatic amines is 1. The predicted molar refractivity (Wildman–Crippen MR) is 89.9 cm³/mol. The first-order valence-corrected chi connectivity index (χ1v) is 7.55. The van der Waals surface area contributed by atoms with Crippen molar-refractivity contribution in [3.05, 3.63) is 62.1 Å². The van der Waals surface area contributed by atoms with Gasteiger partial charge in [-0.2, -0.15) is 0 Å². The molecule has 0 atom stereocenters. The molecule has 0 aliphatic rings. The van der Waals surface area contributed by atoms with Gasteiger partial charge in [0.05, 0.1) is 9.26 Å². The highest BCUT2D eigenvalue weighted by molar-refractivity contribution is 14.1. The van der Waals surface area contributed by atoms with Gasteiger partial charge in [0.2, 0.25) is 0 Å². The maximum atomic E-state index is 12.0. The van der Waals surface area contributed by atoms with Crippen LogP contribution < -0.4 is 5.56 Å². The number of aromatic nitrogens is 2. The van der Waals surface area contributed by atoms with E-state index >= 15 is 0 Å². The Kier molecular flexibility index (Phi) is 3.56. The van der Waals surface area contributed by atoms with Gasteiger partial charge in [-0.1, -0.05) is 49.4 Å². The van der Waals surface area contributed by atoms with E-state index in [-0.39, 0.29) is 5.56 Å². The molecular formula is C16H13IN2O. The van der Waals surface area contributed by atoms with Crippen LogP contribution in [0.2, 0.25) is 0 Å². The van der Waals surface area contributed by atoms with Gasteiger partial charge >= 0.3 is 0 Å². The van der Waals surface area contributed by atoms with Crippen LogP contribution in [0.25, 0.3) is 22.2 Å². The van der Waals surface area contributed by atoms with Gasteiger partial charge in [-0.3, -0.25) is 4.79 Å². The molecule has 0 fully saturated rings. The number of nitrogens with one attached hydrogen (secondary N) is 1. The van der Waals surface area contributed by atoms with Gasteiger partial charge in [0.15, 0.2) is 0 Å². The summed E-state index contributed by atoms with van der Waals surface area (Å²) in [6, 6.07) is 14.2. The van der Waals surface area contributed by atoms with Crippen LogP contribution in [-0.4, -0.2) is 9.97 Å². The number of hydrogen-bond donors (Lipinski definition) is 1. The number of benzene rings is 2. The van der Waals surface area contributed by atoms with Crippen molar-refractivity contribution >= 4 is 33.4 Å². The van der Waals surface area contributed by atoms with E-state index in [9.17, 15) is 4.79 Å². The van der Waals surface area contributed by atoms with E-state index in [1.54, 1.807) is 0 Å². The number of aryl methyl sites for hydroxylation is 1. The highest BCUT2D eigenvalue weighted by Gasteiger charge is 2.10. The van der Waals surface area contributed by atoms with E-state index in [2.05, 4.69) is 44.7 Å². The van der Waals surface area contributed by atoms with Gasteiger partial charge in [0.1, 0.15) is 5.82 Å². The number of hydrogen-bond acceptors (Lipinski definition) is 2. The maximum Gasteiger partial charge on any atom is 0.264 e. The molecule has 0 spiro atoms. The molecule has 0 saturated heterocycles. The van der Waals surface area contributed by atoms with Gasteiger partial charge < -0.3 is 4.98 Å². The van der Waals surface area contributed by atoms with E-state index in [0.29, 0.717) is 9.39 Å². The summed E-state index contributed by atoms with van der Waals surface area (Å²) in [6.45, 7) is 2.01. The van der Waals surface area contributed by atoms with E-state index in [1.807, 2.05) is 37.3 Å². The second-order valence-electron chi connectivity index (χ2n) is 4.56. The fraction of sp³-hybridized carbons (Fsp3) is 0.125. The van der Waals surface area contributed by atoms with Gasteiger partial charge in [0, 0.05) is 5.56 Å². The van der Waals surface area contributed by atoms with Gasteiger partial charge in [-0.15, -0.1) is 0 Å². The lowest BCUT2D eigenvalue weighted by Gasteiger charge is -2.08. The molecule has 1 heterocycles. The van der Waals surface area contributed by atoms with Crippen molar-refractivity contribution in [3.8, 4) is 11.4 Å². The lowest BCUT2D eigenvalue weighted by atomic mass is 10.0. The van der Waals surface area contributed by atoms with Crippen LogP contribution >= 0.6 is 22.6 Å². The summed E-state index contributed by atoms with van der Waals surface area (Å²) in [5.41, 5.74) is 1.74. The third-order valence-electron chi connectivity index (χ3n) is 3.31. The van der Waals surface area contributed by atoms with Crippen LogP contribution in [-0.2, 0) is 6.42 Å². The first-order valence-electron chi connectivity index (χ1n) is 6.47. The summed E-state index contributed by atoms with van der Waals surface area (Å²) in [5.74, 6) is 0.643. The molecule has 0 unspecified atom stereocenters. The van der Waals surface area contributed by atoms with Crippen molar-refractivity contribution in [2.45, 2.75) is 13.3 Å². The normalized spacial score (nSPS) is 10.9. The summed E-state index contributed by atoms with van der Waals surface area (Å²) in [6.07, 6.45) is 0.750. The monoisotopic (exact) mass is 376 g/mol. The van der Waals surface area contributed by atoms with E-state index in [0.717, 1.165) is 28.5 Å². The molecule has 0 bridgehead atoms. The number of halogens is 1. The second kappa shape index (κ2) is 5.36. The second-order valence-corrected chi connectivity index (χ2v) is 5.63. The molecule has 4 heteroatoms. The minimum absolute atomic E-state index is 0.0691. The Morgan fingerprint density at radius 2 is 1.90 bits per heavy atom. The SMILES string of the molecule is CCc1nc(-c2cccc3ccccc23)[nH]c(=O)c1I. The Morgan fingerprint density at radius 3 is 2.70 bits per heavy atom. The summed E-state index contributed by atoms with van der Waals surface area (Å²) < 4.78 is 0.675. The standard InChI is InChI=1S/C16H13IN2O/c1-2-13-14(17)16(20)19-15(18-13)12-9-5-7-10-6-3-4-8-11(10)12/h3-9H,2H2,1H3,(H,18,19,20). The van der Waals surface area contributed by atoms with Crippen molar-refractivity contribution in [1.29, 1.82) is 0 Å². The first kappa shape index (κ1) is 13.3. The lowest BCUT2D eigenvalue weighted by Crippen LogP contribution is -2.16. The Labute approximate surface area is 130 Å². The van der Waals surface area contributed by atoms with E-state index < -0.39 is 0 Å². The molecule has 3 nitrogen and oxygen atoms in total. The fourth-order valence-corrected chi connectivity index (χ4v) is 2.94. The summed E-state index contributed by atoms with van der Waals surface area (Å²) in [5, 5.41) is 2.24. The van der Waals surface area contributed by atoms with Crippen molar-refractivity contribution in [3.63, 3.8) is 0 Å². The highest BCUT2D eigenvalue weighted by Crippen LogP contribution is 2.26. The molecule has 20 heavy (non-hydrogen) atoms. The molecule has 3 rings (SSSR count). The molecule has 0 saturated carbocycles. The van der Waals surface area contributed by atoms with Crippen LogP contribution in [0.5, 0.6) is 0 Å². The van der Waals surface area contributed by atoms with Crippen LogP contribution in [0, 0.1) is 3.57 Å². The highest BCUT2D eigenvalue weighted by atomic mass is 127. The quantitative estimate of drug-likeness (QED) is 0.693. The van der Waals surface area contributed by atoms with Crippen LogP contribution in [0.1, 0.15) is 12.6 Å². The fourth-order valence-electron chi connectivity index (χ4n) is 2.30. The smallest absolute Gasteiger partial charge is 0.264 e. The Bertz CT molecular complexity index is 834. The molecule has 0 amide bonds. The molecule has 2 aromatic carbocycles. The third kappa shape index (κ3) is 2.24. The molecule has 1 aromatic heterocycles. The number of nitrogens with zero attached hydrogens (tertiary/aromatic N) is 1. The average molecular weight is 376 g/mol. The maximum absolute atomic E-state index is 12.0. The predicted octanol–water partition coefficient (Wildman–Crippen LogP) is 3.76. The molecule has 3 aromatic rings. The van der Waals surface area contributed by atoms with Gasteiger partial charge in [-0.05, 0) is 39.8 Å². The van der Waals surface area contributed by atoms with Crippen LogP contribution in [0.3, 0.4) is 0 Å². The Hall–Kier alpha value is -1.69. The molecule has 0 radical (unpaired) electrons. The topological polar surface area (TPSA) is 45.8 Å². The average Bonchev–Trinajstić information content (AvgIpc) is 2.49.